The van der Waals surface area contributed by atoms with Crippen LogP contribution in [-0.4, -0.2) is 25.2 Å². The third-order valence-electron chi connectivity index (χ3n) is 0.236. The van der Waals surface area contributed by atoms with Crippen molar-refractivity contribution >= 4 is 11.9 Å². The van der Waals surface area contributed by atoms with Crippen LogP contribution in [-0.2, 0) is 35.8 Å². The zero-order valence-corrected chi connectivity index (χ0v) is 7.82. The summed E-state index contributed by atoms with van der Waals surface area (Å²) in [7, 11) is 0. The van der Waals surface area contributed by atoms with Gasteiger partial charge in [0.1, 0.15) is 0 Å². The summed E-state index contributed by atoms with van der Waals surface area (Å²) in [6, 6.07) is 0. The molecule has 0 aliphatic heterocycles. The summed E-state index contributed by atoms with van der Waals surface area (Å²) in [6.07, 6.45) is 0. The monoisotopic (exact) mass is 238 g/mol. The van der Waals surface area contributed by atoms with Crippen molar-refractivity contribution in [3.63, 3.8) is 0 Å². The second kappa shape index (κ2) is 12.4. The van der Waals surface area contributed by atoms with E-state index in [4.69, 9.17) is 30.0 Å². The van der Waals surface area contributed by atoms with Crippen LogP contribution in [0.25, 0.3) is 0 Å². The fourth-order valence-electron chi connectivity index (χ4n) is 0. The van der Waals surface area contributed by atoms with Gasteiger partial charge in [-0.25, -0.2) is 0 Å². The number of carbonyl (C=O) groups is 2. The van der Waals surface area contributed by atoms with Crippen LogP contribution in [0, 0.1) is 0 Å². The Kier molecular flexibility index (Phi) is 19.2. The van der Waals surface area contributed by atoms with Gasteiger partial charge in [0.15, 0.2) is 0 Å². The van der Waals surface area contributed by atoms with Gasteiger partial charge in [-0.3, -0.25) is 0 Å². The molecule has 0 amide bonds. The Morgan fingerprint density at radius 3 is 1.00 bits per heavy atom. The summed E-state index contributed by atoms with van der Waals surface area (Å²) in [5.74, 6) is -3.10. The van der Waals surface area contributed by atoms with Crippen molar-refractivity contribution in [3.05, 3.63) is 0 Å². The minimum Gasteiger partial charge on any atom is -0.850 e. The van der Waals surface area contributed by atoms with Gasteiger partial charge in [-0.2, -0.15) is 0 Å². The molecule has 0 heterocycles. The van der Waals surface area contributed by atoms with Crippen molar-refractivity contribution in [2.24, 2.45) is 0 Å². The Hall–Kier alpha value is -0.257. The largest absolute Gasteiger partial charge is 4.00 e. The van der Waals surface area contributed by atoms with Gasteiger partial charge in [0.05, 0.1) is 0 Å². The van der Waals surface area contributed by atoms with Crippen LogP contribution >= 0.6 is 0 Å². The number of carbonyl (C=O) groups excluding carboxylic acids is 2. The van der Waals surface area contributed by atoms with Gasteiger partial charge >= 0.3 is 26.2 Å². The Balaban J connectivity index is -0.000000107. The molecule has 0 radical (unpaired) electrons. The van der Waals surface area contributed by atoms with Crippen molar-refractivity contribution in [1.82, 2.24) is 0 Å². The van der Waals surface area contributed by atoms with Gasteiger partial charge in [-0.1, -0.05) is 13.2 Å². The number of hydrogen-bond donors (Lipinski definition) is 0. The van der Waals surface area contributed by atoms with Crippen molar-refractivity contribution in [3.8, 4) is 0 Å². The van der Waals surface area contributed by atoms with Crippen LogP contribution in [0.2, 0.25) is 0 Å². The first-order chi connectivity index (χ1) is 4.54. The molecule has 60 valence electrons. The van der Waals surface area contributed by atoms with Gasteiger partial charge in [0.2, 0.25) is 0 Å². The van der Waals surface area contributed by atoms with E-state index in [1.807, 2.05) is 0 Å². The molecule has 6 nitrogen and oxygen atoms in total. The molecule has 0 fully saturated rings. The first kappa shape index (κ1) is 17.0. The maximum Gasteiger partial charge on any atom is 4.00 e. The second-order valence-corrected chi connectivity index (χ2v) is 1.03. The SMILES string of the molecule is O=C([O-])C[O-].O=C([O-])C[O-].[Zr+4]. The van der Waals surface area contributed by atoms with Gasteiger partial charge in [0, 0.05) is 11.9 Å². The molecule has 7 heteroatoms. The molecule has 0 aromatic carbocycles. The second-order valence-electron chi connectivity index (χ2n) is 1.03. The predicted octanol–water partition coefficient (Wildman–Crippen LogP) is -5.81. The minimum absolute atomic E-state index is 0. The van der Waals surface area contributed by atoms with Gasteiger partial charge < -0.3 is 30.0 Å². The van der Waals surface area contributed by atoms with Gasteiger partial charge in [-0.05, 0) is 0 Å². The summed E-state index contributed by atoms with van der Waals surface area (Å²) in [5, 5.41) is 35.8. The molecule has 0 aliphatic carbocycles. The fourth-order valence-corrected chi connectivity index (χ4v) is 0. The van der Waals surface area contributed by atoms with Crippen molar-refractivity contribution in [2.45, 2.75) is 0 Å². The molecule has 0 aromatic rings. The smallest absolute Gasteiger partial charge is 0.850 e. The van der Waals surface area contributed by atoms with E-state index in [1.165, 1.54) is 0 Å². The molecular weight excluding hydrogens is 235 g/mol. The summed E-state index contributed by atoms with van der Waals surface area (Å²) in [6.45, 7) is -2.28. The Morgan fingerprint density at radius 1 is 0.909 bits per heavy atom. The topological polar surface area (TPSA) is 126 Å². The van der Waals surface area contributed by atoms with Crippen LogP contribution in [0.4, 0.5) is 0 Å². The molecule has 0 aromatic heterocycles. The first-order valence-electron chi connectivity index (χ1n) is 2.10. The van der Waals surface area contributed by atoms with E-state index in [9.17, 15) is 0 Å². The molecule has 0 spiro atoms. The molecular formula is C4H4O6Zr. The van der Waals surface area contributed by atoms with E-state index in [2.05, 4.69) is 0 Å². The van der Waals surface area contributed by atoms with E-state index in [0.717, 1.165) is 0 Å². The number of rotatable bonds is 2. The zero-order valence-electron chi connectivity index (χ0n) is 5.36. The van der Waals surface area contributed by atoms with E-state index in [1.54, 1.807) is 0 Å². The molecule has 0 bridgehead atoms. The maximum atomic E-state index is 8.97. The minimum atomic E-state index is -1.55. The maximum absolute atomic E-state index is 8.97. The Labute approximate surface area is 81.6 Å². The van der Waals surface area contributed by atoms with Crippen molar-refractivity contribution in [1.29, 1.82) is 0 Å². The number of aliphatic carboxylic acids is 2. The molecule has 0 unspecified atom stereocenters. The van der Waals surface area contributed by atoms with Gasteiger partial charge in [0.25, 0.3) is 0 Å². The van der Waals surface area contributed by atoms with Crippen molar-refractivity contribution in [2.75, 3.05) is 13.2 Å². The molecule has 0 rings (SSSR count). The van der Waals surface area contributed by atoms with Crippen LogP contribution in [0.15, 0.2) is 0 Å². The summed E-state index contributed by atoms with van der Waals surface area (Å²) in [5.41, 5.74) is 0. The molecule has 0 aliphatic rings. The average Bonchev–Trinajstić information content (AvgIpc) is 1.89. The van der Waals surface area contributed by atoms with Crippen LogP contribution in [0.1, 0.15) is 0 Å². The quantitative estimate of drug-likeness (QED) is 0.472. The Morgan fingerprint density at radius 2 is 1.00 bits per heavy atom. The van der Waals surface area contributed by atoms with Crippen LogP contribution in [0.3, 0.4) is 0 Å². The van der Waals surface area contributed by atoms with Crippen LogP contribution in [0.5, 0.6) is 0 Å². The average molecular weight is 239 g/mol. The van der Waals surface area contributed by atoms with Crippen LogP contribution < -0.4 is 20.4 Å². The van der Waals surface area contributed by atoms with E-state index in [-0.39, 0.29) is 26.2 Å². The number of carboxylic acids is 2. The summed E-state index contributed by atoms with van der Waals surface area (Å²) in [4.78, 5) is 17.9. The molecule has 0 N–H and O–H groups in total. The van der Waals surface area contributed by atoms with Crippen molar-refractivity contribution < 1.29 is 56.2 Å². The predicted molar refractivity (Wildman–Crippen MR) is 19.7 cm³/mol. The normalized spacial score (nSPS) is 6.73. The fraction of sp³-hybridized carbons (Fsp3) is 0.500. The number of hydrogen-bond acceptors (Lipinski definition) is 6. The third-order valence-corrected chi connectivity index (χ3v) is 0.236. The molecule has 11 heavy (non-hydrogen) atoms. The van der Waals surface area contributed by atoms with Gasteiger partial charge in [-0.15, -0.1) is 0 Å². The summed E-state index contributed by atoms with van der Waals surface area (Å²) >= 11 is 0. The van der Waals surface area contributed by atoms with E-state index >= 15 is 0 Å². The molecule has 0 saturated carbocycles. The molecule has 0 saturated heterocycles. The zero-order chi connectivity index (χ0) is 8.57. The van der Waals surface area contributed by atoms with E-state index < -0.39 is 25.2 Å². The summed E-state index contributed by atoms with van der Waals surface area (Å²) < 4.78 is 0. The first-order valence-corrected chi connectivity index (χ1v) is 2.10. The van der Waals surface area contributed by atoms with E-state index in [0.29, 0.717) is 0 Å². The molecule has 0 atom stereocenters. The number of carboxylic acid groups (broad SMARTS) is 2. The standard InChI is InChI=1S/2C2H3O3.Zr/c2*3-1-2(4)5;/h2*1H2,(H,4,5);/q2*-1;+4/p-2. The third kappa shape index (κ3) is 41.7. The Bertz CT molecular complexity index is 99.1.